The molecule has 0 saturated carbocycles. The van der Waals surface area contributed by atoms with Crippen molar-refractivity contribution in [3.05, 3.63) is 75.2 Å². The van der Waals surface area contributed by atoms with E-state index in [0.717, 1.165) is 17.2 Å². The number of fused-ring (bicyclic) bond motifs is 1. The molecule has 2 heterocycles. The number of nitrogens with zero attached hydrogens (tertiary/aromatic N) is 3. The summed E-state index contributed by atoms with van der Waals surface area (Å²) in [5.41, 5.74) is 6.68. The van der Waals surface area contributed by atoms with Crippen molar-refractivity contribution < 1.29 is 9.53 Å². The minimum Gasteiger partial charge on any atom is -0.438 e. The van der Waals surface area contributed by atoms with Crippen LogP contribution in [0.3, 0.4) is 0 Å². The Hall–Kier alpha value is -3.92. The minimum atomic E-state index is -0.936. The first-order valence-corrected chi connectivity index (χ1v) is 9.03. The van der Waals surface area contributed by atoms with Gasteiger partial charge in [0.2, 0.25) is 5.88 Å². The summed E-state index contributed by atoms with van der Waals surface area (Å²) < 4.78 is 7.38. The number of nitrogens with two attached hydrogens (primary N) is 1. The van der Waals surface area contributed by atoms with Gasteiger partial charge in [0.05, 0.1) is 0 Å². The molecule has 3 aromatic rings. The van der Waals surface area contributed by atoms with E-state index in [2.05, 4.69) is 4.98 Å². The standard InChI is InChI=1S/C22H20N4O3/c1-13(2)16-8-7-14(3)10-18(16)29-21-17(11-15(12-23)20(24)27)22(28)26-9-5-4-6-19(26)25-21/h4-11,13H,1-3H3,(H2,24,27)/b15-11+. The molecule has 7 nitrogen and oxygen atoms in total. The number of hydrogen-bond donors (Lipinski definition) is 1. The molecule has 2 aromatic heterocycles. The van der Waals surface area contributed by atoms with Gasteiger partial charge in [-0.2, -0.15) is 10.2 Å². The monoisotopic (exact) mass is 388 g/mol. The number of amides is 1. The Bertz CT molecular complexity index is 1230. The van der Waals surface area contributed by atoms with Crippen LogP contribution >= 0.6 is 0 Å². The lowest BCUT2D eigenvalue weighted by atomic mass is 10.0. The molecule has 1 aromatic carbocycles. The largest absolute Gasteiger partial charge is 0.438 e. The van der Waals surface area contributed by atoms with Crippen LogP contribution in [0.25, 0.3) is 11.7 Å². The second kappa shape index (κ2) is 7.98. The van der Waals surface area contributed by atoms with Gasteiger partial charge in [-0.25, -0.2) is 0 Å². The number of carbonyl (C=O) groups excluding carboxylic acids is 1. The lowest BCUT2D eigenvalue weighted by molar-refractivity contribution is -0.114. The summed E-state index contributed by atoms with van der Waals surface area (Å²) in [6.45, 7) is 5.99. The lowest BCUT2D eigenvalue weighted by Crippen LogP contribution is -2.20. The molecule has 146 valence electrons. The molecule has 3 rings (SSSR count). The van der Waals surface area contributed by atoms with E-state index in [-0.39, 0.29) is 22.9 Å². The average molecular weight is 388 g/mol. The van der Waals surface area contributed by atoms with E-state index >= 15 is 0 Å². The number of ether oxygens (including phenoxy) is 1. The highest BCUT2D eigenvalue weighted by atomic mass is 16.5. The van der Waals surface area contributed by atoms with Crippen molar-refractivity contribution in [1.29, 1.82) is 5.26 Å². The Morgan fingerprint density at radius 2 is 2.07 bits per heavy atom. The Labute approximate surface area is 167 Å². The molecule has 0 aliphatic rings. The maximum atomic E-state index is 13.0. The van der Waals surface area contributed by atoms with Crippen LogP contribution in [0.1, 0.15) is 36.5 Å². The van der Waals surface area contributed by atoms with Crippen LogP contribution in [0.4, 0.5) is 0 Å². The van der Waals surface area contributed by atoms with Gasteiger partial charge < -0.3 is 10.5 Å². The van der Waals surface area contributed by atoms with Gasteiger partial charge in [0, 0.05) is 6.20 Å². The number of nitriles is 1. The van der Waals surface area contributed by atoms with Gasteiger partial charge in [0.1, 0.15) is 28.6 Å². The number of aryl methyl sites for hydroxylation is 1. The van der Waals surface area contributed by atoms with Crippen molar-refractivity contribution in [3.63, 3.8) is 0 Å². The van der Waals surface area contributed by atoms with E-state index in [4.69, 9.17) is 10.5 Å². The van der Waals surface area contributed by atoms with Crippen LogP contribution in [0.2, 0.25) is 0 Å². The van der Waals surface area contributed by atoms with E-state index in [1.165, 1.54) is 4.40 Å². The highest BCUT2D eigenvalue weighted by Crippen LogP contribution is 2.32. The number of benzene rings is 1. The number of pyridine rings is 1. The van der Waals surface area contributed by atoms with Crippen LogP contribution in [0.5, 0.6) is 11.6 Å². The summed E-state index contributed by atoms with van der Waals surface area (Å²) in [7, 11) is 0. The topological polar surface area (TPSA) is 110 Å². The molecule has 0 fully saturated rings. The second-order valence-corrected chi connectivity index (χ2v) is 6.90. The Morgan fingerprint density at radius 1 is 1.31 bits per heavy atom. The van der Waals surface area contributed by atoms with Crippen molar-refractivity contribution in [2.24, 2.45) is 5.73 Å². The first kappa shape index (κ1) is 19.8. The van der Waals surface area contributed by atoms with Gasteiger partial charge in [0.25, 0.3) is 11.5 Å². The van der Waals surface area contributed by atoms with Crippen LogP contribution in [-0.2, 0) is 4.79 Å². The molecular formula is C22H20N4O3. The van der Waals surface area contributed by atoms with Crippen molar-refractivity contribution in [3.8, 4) is 17.7 Å². The van der Waals surface area contributed by atoms with E-state index in [1.54, 1.807) is 30.5 Å². The van der Waals surface area contributed by atoms with Crippen molar-refractivity contribution >= 4 is 17.6 Å². The van der Waals surface area contributed by atoms with Crippen LogP contribution in [0.15, 0.2) is 53.0 Å². The molecule has 0 saturated heterocycles. The zero-order valence-corrected chi connectivity index (χ0v) is 16.3. The first-order valence-electron chi connectivity index (χ1n) is 9.03. The molecule has 0 unspecified atom stereocenters. The molecule has 1 amide bonds. The Kier molecular flexibility index (Phi) is 5.46. The Balaban J connectivity index is 2.29. The van der Waals surface area contributed by atoms with E-state index in [1.807, 2.05) is 39.0 Å². The van der Waals surface area contributed by atoms with Gasteiger partial charge in [-0.3, -0.25) is 14.0 Å². The SMILES string of the molecule is Cc1ccc(C(C)C)c(Oc2nc3ccccn3c(=O)c2/C=C(\C#N)C(N)=O)c1. The number of primary amides is 1. The average Bonchev–Trinajstić information content (AvgIpc) is 2.67. The third kappa shape index (κ3) is 4.01. The highest BCUT2D eigenvalue weighted by molar-refractivity contribution is 6.00. The maximum Gasteiger partial charge on any atom is 0.269 e. The predicted molar refractivity (Wildman–Crippen MR) is 110 cm³/mol. The normalized spacial score (nSPS) is 11.5. The first-order chi connectivity index (χ1) is 13.8. The van der Waals surface area contributed by atoms with Gasteiger partial charge in [0.15, 0.2) is 0 Å². The van der Waals surface area contributed by atoms with Crippen molar-refractivity contribution in [2.45, 2.75) is 26.7 Å². The van der Waals surface area contributed by atoms with Crippen LogP contribution < -0.4 is 16.0 Å². The molecule has 0 bridgehead atoms. The maximum absolute atomic E-state index is 13.0. The third-order valence-electron chi connectivity index (χ3n) is 4.41. The smallest absolute Gasteiger partial charge is 0.269 e. The van der Waals surface area contributed by atoms with Crippen LogP contribution in [0, 0.1) is 18.3 Å². The van der Waals surface area contributed by atoms with Crippen molar-refractivity contribution in [1.82, 2.24) is 9.38 Å². The highest BCUT2D eigenvalue weighted by Gasteiger charge is 2.18. The quantitative estimate of drug-likeness (QED) is 0.532. The number of carbonyl (C=O) groups is 1. The van der Waals surface area contributed by atoms with E-state index in [9.17, 15) is 14.9 Å². The fourth-order valence-corrected chi connectivity index (χ4v) is 2.90. The molecule has 0 aliphatic heterocycles. The molecule has 2 N–H and O–H groups in total. The van der Waals surface area contributed by atoms with Gasteiger partial charge >= 0.3 is 0 Å². The molecular weight excluding hydrogens is 368 g/mol. The van der Waals surface area contributed by atoms with Gasteiger partial charge in [-0.15, -0.1) is 0 Å². The Morgan fingerprint density at radius 3 is 2.72 bits per heavy atom. The molecule has 0 spiro atoms. The van der Waals surface area contributed by atoms with E-state index in [0.29, 0.717) is 11.4 Å². The number of aromatic nitrogens is 2. The summed E-state index contributed by atoms with van der Waals surface area (Å²) >= 11 is 0. The van der Waals surface area contributed by atoms with E-state index < -0.39 is 11.5 Å². The fourth-order valence-electron chi connectivity index (χ4n) is 2.90. The lowest BCUT2D eigenvalue weighted by Gasteiger charge is -2.15. The summed E-state index contributed by atoms with van der Waals surface area (Å²) in [4.78, 5) is 29.0. The summed E-state index contributed by atoms with van der Waals surface area (Å²) in [6.07, 6.45) is 2.67. The zero-order chi connectivity index (χ0) is 21.1. The fraction of sp³-hybridized carbons (Fsp3) is 0.182. The molecule has 0 atom stereocenters. The van der Waals surface area contributed by atoms with Gasteiger partial charge in [-0.1, -0.05) is 32.0 Å². The summed E-state index contributed by atoms with van der Waals surface area (Å²) in [6, 6.07) is 12.6. The zero-order valence-electron chi connectivity index (χ0n) is 16.3. The number of rotatable bonds is 5. The molecule has 7 heteroatoms. The predicted octanol–water partition coefficient (Wildman–Crippen LogP) is 3.31. The molecule has 29 heavy (non-hydrogen) atoms. The second-order valence-electron chi connectivity index (χ2n) is 6.90. The molecule has 0 radical (unpaired) electrons. The van der Waals surface area contributed by atoms with Gasteiger partial charge in [-0.05, 0) is 48.2 Å². The van der Waals surface area contributed by atoms with Crippen LogP contribution in [-0.4, -0.2) is 15.3 Å². The third-order valence-corrected chi connectivity index (χ3v) is 4.41. The number of hydrogen-bond acceptors (Lipinski definition) is 5. The molecule has 0 aliphatic carbocycles. The summed E-state index contributed by atoms with van der Waals surface area (Å²) in [5, 5.41) is 9.21. The van der Waals surface area contributed by atoms with Crippen molar-refractivity contribution in [2.75, 3.05) is 0 Å². The minimum absolute atomic E-state index is 0.00250. The summed E-state index contributed by atoms with van der Waals surface area (Å²) in [5.74, 6) is -0.206.